The zero-order valence-corrected chi connectivity index (χ0v) is 14.9. The summed E-state index contributed by atoms with van der Waals surface area (Å²) in [5.41, 5.74) is 9.59. The first-order valence-electron chi connectivity index (χ1n) is 8.83. The van der Waals surface area contributed by atoms with E-state index < -0.39 is 6.67 Å². The van der Waals surface area contributed by atoms with Gasteiger partial charge in [0.2, 0.25) is 0 Å². The topological polar surface area (TPSA) is 38.0 Å². The fourth-order valence-electron chi connectivity index (χ4n) is 2.83. The Kier molecular flexibility index (Phi) is 8.03. The Morgan fingerprint density at radius 2 is 1.73 bits per heavy atom. The summed E-state index contributed by atoms with van der Waals surface area (Å²) in [5, 5.41) is 3.26. The minimum atomic E-state index is -0.418. The molecule has 2 aromatic rings. The molecule has 138 valence electrons. The molecule has 0 heterocycles. The number of halogens is 2. The van der Waals surface area contributed by atoms with Crippen molar-refractivity contribution in [3.05, 3.63) is 89.9 Å². The Morgan fingerprint density at radius 3 is 2.31 bits per heavy atom. The highest BCUT2D eigenvalue weighted by atomic mass is 19.1. The van der Waals surface area contributed by atoms with Gasteiger partial charge in [0.1, 0.15) is 12.5 Å². The third kappa shape index (κ3) is 6.12. The van der Waals surface area contributed by atoms with Crippen molar-refractivity contribution in [1.82, 2.24) is 5.32 Å². The lowest BCUT2D eigenvalue weighted by Crippen LogP contribution is -2.34. The van der Waals surface area contributed by atoms with Crippen LogP contribution in [0.5, 0.6) is 0 Å². The smallest absolute Gasteiger partial charge is 0.123 e. The molecular formula is C22H26F2N2. The van der Waals surface area contributed by atoms with Gasteiger partial charge < -0.3 is 11.1 Å². The molecule has 0 aliphatic heterocycles. The van der Waals surface area contributed by atoms with Crippen molar-refractivity contribution in [3.8, 4) is 0 Å². The zero-order valence-electron chi connectivity index (χ0n) is 14.9. The van der Waals surface area contributed by atoms with Crippen LogP contribution in [0.25, 0.3) is 5.57 Å². The van der Waals surface area contributed by atoms with Gasteiger partial charge in [-0.2, -0.15) is 0 Å². The normalized spacial score (nSPS) is 12.8. The van der Waals surface area contributed by atoms with Gasteiger partial charge in [0.15, 0.2) is 0 Å². The van der Waals surface area contributed by atoms with Gasteiger partial charge in [0.05, 0.1) is 0 Å². The second-order valence-corrected chi connectivity index (χ2v) is 6.26. The highest BCUT2D eigenvalue weighted by Crippen LogP contribution is 2.16. The molecule has 0 amide bonds. The van der Waals surface area contributed by atoms with E-state index in [0.717, 1.165) is 41.6 Å². The summed E-state index contributed by atoms with van der Waals surface area (Å²) < 4.78 is 26.2. The number of rotatable bonds is 10. The quantitative estimate of drug-likeness (QED) is 0.489. The van der Waals surface area contributed by atoms with Crippen molar-refractivity contribution in [2.75, 3.05) is 13.2 Å². The molecule has 0 aromatic heterocycles. The van der Waals surface area contributed by atoms with E-state index in [1.165, 1.54) is 18.3 Å². The van der Waals surface area contributed by atoms with E-state index in [1.807, 2.05) is 24.3 Å². The minimum absolute atomic E-state index is 0.210. The van der Waals surface area contributed by atoms with E-state index in [0.29, 0.717) is 6.42 Å². The van der Waals surface area contributed by atoms with Crippen LogP contribution >= 0.6 is 0 Å². The molecule has 0 saturated carbocycles. The first-order chi connectivity index (χ1) is 12.7. The van der Waals surface area contributed by atoms with Crippen LogP contribution in [0.2, 0.25) is 0 Å². The number of aryl methyl sites for hydroxylation is 1. The molecule has 0 aliphatic carbocycles. The number of hydrogen-bond acceptors (Lipinski definition) is 2. The van der Waals surface area contributed by atoms with Crippen LogP contribution in [0.3, 0.4) is 0 Å². The molecule has 1 unspecified atom stereocenters. The predicted octanol–water partition coefficient (Wildman–Crippen LogP) is 4.41. The molecule has 0 radical (unpaired) electrons. The Morgan fingerprint density at radius 1 is 1.08 bits per heavy atom. The molecule has 4 heteroatoms. The van der Waals surface area contributed by atoms with E-state index in [1.54, 1.807) is 18.2 Å². The third-order valence-electron chi connectivity index (χ3n) is 4.34. The lowest BCUT2D eigenvalue weighted by atomic mass is 10.0. The van der Waals surface area contributed by atoms with Gasteiger partial charge in [-0.15, -0.1) is 0 Å². The molecule has 2 nitrogen and oxygen atoms in total. The van der Waals surface area contributed by atoms with E-state index in [9.17, 15) is 8.78 Å². The monoisotopic (exact) mass is 356 g/mol. The van der Waals surface area contributed by atoms with Gasteiger partial charge in [-0.05, 0) is 60.2 Å². The van der Waals surface area contributed by atoms with Crippen LogP contribution in [-0.2, 0) is 12.8 Å². The molecule has 3 N–H and O–H groups in total. The molecule has 1 atom stereocenters. The van der Waals surface area contributed by atoms with Gasteiger partial charge in [-0.25, -0.2) is 8.78 Å². The van der Waals surface area contributed by atoms with Crippen LogP contribution in [-0.4, -0.2) is 19.3 Å². The number of nitrogens with two attached hydrogens (primary N) is 1. The minimum Gasteiger partial charge on any atom is -0.404 e. The van der Waals surface area contributed by atoms with Crippen molar-refractivity contribution < 1.29 is 8.78 Å². The first kappa shape index (κ1) is 19.9. The molecule has 0 fully saturated rings. The second kappa shape index (κ2) is 10.5. The van der Waals surface area contributed by atoms with Gasteiger partial charge in [-0.3, -0.25) is 0 Å². The Hall–Kier alpha value is -2.46. The van der Waals surface area contributed by atoms with Crippen LogP contribution < -0.4 is 11.1 Å². The van der Waals surface area contributed by atoms with E-state index in [4.69, 9.17) is 5.73 Å². The number of hydrogen-bond donors (Lipinski definition) is 2. The SMILES string of the molecule is C=C/C(=C\N)c1ccc(CC(CF)NCCCc2ccc(F)cc2)cc1. The molecule has 0 spiro atoms. The predicted molar refractivity (Wildman–Crippen MR) is 105 cm³/mol. The largest absolute Gasteiger partial charge is 0.404 e. The van der Waals surface area contributed by atoms with Gasteiger partial charge >= 0.3 is 0 Å². The summed E-state index contributed by atoms with van der Waals surface area (Å²) in [6.07, 6.45) is 5.59. The number of allylic oxidation sites excluding steroid dienone is 2. The van der Waals surface area contributed by atoms with Crippen LogP contribution in [0.15, 0.2) is 67.4 Å². The Bertz CT molecular complexity index is 706. The van der Waals surface area contributed by atoms with Crippen LogP contribution in [0.1, 0.15) is 23.1 Å². The lowest BCUT2D eigenvalue weighted by Gasteiger charge is -2.16. The Balaban J connectivity index is 1.79. The Labute approximate surface area is 154 Å². The summed E-state index contributed by atoms with van der Waals surface area (Å²) >= 11 is 0. The van der Waals surface area contributed by atoms with Crippen LogP contribution in [0.4, 0.5) is 8.78 Å². The van der Waals surface area contributed by atoms with E-state index >= 15 is 0 Å². The van der Waals surface area contributed by atoms with Gasteiger partial charge in [0, 0.05) is 12.2 Å². The lowest BCUT2D eigenvalue weighted by molar-refractivity contribution is 0.371. The average molecular weight is 356 g/mol. The van der Waals surface area contributed by atoms with Crippen molar-refractivity contribution in [3.63, 3.8) is 0 Å². The van der Waals surface area contributed by atoms with Gasteiger partial charge in [-0.1, -0.05) is 49.1 Å². The number of benzene rings is 2. The molecule has 26 heavy (non-hydrogen) atoms. The molecule has 0 aliphatic rings. The second-order valence-electron chi connectivity index (χ2n) is 6.26. The zero-order chi connectivity index (χ0) is 18.8. The summed E-state index contributed by atoms with van der Waals surface area (Å²) in [6, 6.07) is 14.2. The highest BCUT2D eigenvalue weighted by Gasteiger charge is 2.09. The van der Waals surface area contributed by atoms with Crippen molar-refractivity contribution >= 4 is 5.57 Å². The number of nitrogens with one attached hydrogen (secondary N) is 1. The molecule has 2 rings (SSSR count). The van der Waals surface area contributed by atoms with Crippen LogP contribution in [0, 0.1) is 5.82 Å². The van der Waals surface area contributed by atoms with Crippen molar-refractivity contribution in [2.45, 2.75) is 25.3 Å². The fraction of sp³-hybridized carbons (Fsp3) is 0.273. The maximum absolute atomic E-state index is 13.3. The molecule has 0 saturated heterocycles. The summed E-state index contributed by atoms with van der Waals surface area (Å²) in [7, 11) is 0. The van der Waals surface area contributed by atoms with Crippen molar-refractivity contribution in [2.24, 2.45) is 5.73 Å². The highest BCUT2D eigenvalue weighted by molar-refractivity contribution is 5.73. The summed E-state index contributed by atoms with van der Waals surface area (Å²) in [5.74, 6) is -0.224. The molecule has 0 bridgehead atoms. The van der Waals surface area contributed by atoms with Crippen molar-refractivity contribution in [1.29, 1.82) is 0 Å². The molecule has 2 aromatic carbocycles. The third-order valence-corrected chi connectivity index (χ3v) is 4.34. The van der Waals surface area contributed by atoms with Gasteiger partial charge in [0.25, 0.3) is 0 Å². The van der Waals surface area contributed by atoms with E-state index in [2.05, 4.69) is 11.9 Å². The maximum Gasteiger partial charge on any atom is 0.123 e. The average Bonchev–Trinajstić information content (AvgIpc) is 2.67. The first-order valence-corrected chi connectivity index (χ1v) is 8.83. The summed E-state index contributed by atoms with van der Waals surface area (Å²) in [4.78, 5) is 0. The fourth-order valence-corrected chi connectivity index (χ4v) is 2.83. The van der Waals surface area contributed by atoms with E-state index in [-0.39, 0.29) is 11.9 Å². The molecular weight excluding hydrogens is 330 g/mol. The maximum atomic E-state index is 13.3. The summed E-state index contributed by atoms with van der Waals surface area (Å²) in [6.45, 7) is 4.04. The number of alkyl halides is 1. The standard InChI is InChI=1S/C22H26F2N2/c1-2-19(16-25)20-9-5-18(6-10-20)14-22(15-23)26-13-3-4-17-7-11-21(24)12-8-17/h2,5-12,16,22,26H,1,3-4,13-15,25H2/b19-16+.